The molecule has 0 aromatic heterocycles. The topological polar surface area (TPSA) is 3.24 Å². The molecule has 118 valence electrons. The molecule has 1 aliphatic rings. The lowest BCUT2D eigenvalue weighted by Gasteiger charge is -2.36. The van der Waals surface area contributed by atoms with Gasteiger partial charge in [-0.3, -0.25) is 0 Å². The first kappa shape index (κ1) is 15.6. The SMILES string of the molecule is CC1=CC(C)C(N(c2ccc(C)cc2)c2ccc(C)cc2)C=C1. The standard InChI is InChI=1S/C22H25N/c1-16-5-10-20(11-6-16)23(21-12-7-17(2)8-13-21)22-14-9-18(3)15-19(22)4/h5-15,19,22H,1-4H3. The zero-order chi connectivity index (χ0) is 16.4. The Hall–Kier alpha value is -2.28. The molecule has 0 heterocycles. The van der Waals surface area contributed by atoms with Crippen molar-refractivity contribution >= 4 is 11.4 Å². The van der Waals surface area contributed by atoms with Crippen molar-refractivity contribution in [1.29, 1.82) is 0 Å². The summed E-state index contributed by atoms with van der Waals surface area (Å²) >= 11 is 0. The lowest BCUT2D eigenvalue weighted by atomic mass is 9.91. The van der Waals surface area contributed by atoms with Crippen LogP contribution >= 0.6 is 0 Å². The number of hydrogen-bond acceptors (Lipinski definition) is 1. The van der Waals surface area contributed by atoms with Gasteiger partial charge in [-0.2, -0.15) is 0 Å². The van der Waals surface area contributed by atoms with E-state index in [0.717, 1.165) is 0 Å². The molecule has 2 aromatic rings. The molecule has 2 aromatic carbocycles. The maximum Gasteiger partial charge on any atom is 0.0585 e. The Balaban J connectivity index is 2.05. The molecule has 1 aliphatic carbocycles. The zero-order valence-electron chi connectivity index (χ0n) is 14.5. The first-order valence-corrected chi connectivity index (χ1v) is 8.34. The average molecular weight is 303 g/mol. The zero-order valence-corrected chi connectivity index (χ0v) is 14.5. The predicted octanol–water partition coefficient (Wildman–Crippen LogP) is 5.96. The smallest absolute Gasteiger partial charge is 0.0585 e. The van der Waals surface area contributed by atoms with E-state index in [0.29, 0.717) is 12.0 Å². The number of anilines is 2. The van der Waals surface area contributed by atoms with Crippen molar-refractivity contribution in [3.8, 4) is 0 Å². The van der Waals surface area contributed by atoms with Crippen molar-refractivity contribution < 1.29 is 0 Å². The van der Waals surface area contributed by atoms with Gasteiger partial charge in [-0.05, 0) is 51.0 Å². The summed E-state index contributed by atoms with van der Waals surface area (Å²) in [4.78, 5) is 2.45. The molecule has 0 radical (unpaired) electrons. The minimum absolute atomic E-state index is 0.337. The van der Waals surface area contributed by atoms with Gasteiger partial charge in [0.2, 0.25) is 0 Å². The molecule has 3 rings (SSSR count). The van der Waals surface area contributed by atoms with E-state index in [2.05, 4.69) is 99.4 Å². The lowest BCUT2D eigenvalue weighted by Crippen LogP contribution is -2.35. The van der Waals surface area contributed by atoms with Crippen molar-refractivity contribution in [1.82, 2.24) is 0 Å². The van der Waals surface area contributed by atoms with E-state index in [4.69, 9.17) is 0 Å². The van der Waals surface area contributed by atoms with Crippen molar-refractivity contribution in [2.45, 2.75) is 33.7 Å². The molecule has 1 nitrogen and oxygen atoms in total. The molecule has 0 fully saturated rings. The molecule has 0 bridgehead atoms. The van der Waals surface area contributed by atoms with Gasteiger partial charge in [0, 0.05) is 11.4 Å². The molecule has 1 heteroatoms. The van der Waals surface area contributed by atoms with Gasteiger partial charge in [0.05, 0.1) is 6.04 Å². The van der Waals surface area contributed by atoms with Crippen LogP contribution < -0.4 is 4.90 Å². The quantitative estimate of drug-likeness (QED) is 0.676. The highest BCUT2D eigenvalue weighted by Crippen LogP contribution is 2.34. The van der Waals surface area contributed by atoms with Gasteiger partial charge < -0.3 is 4.90 Å². The van der Waals surface area contributed by atoms with Gasteiger partial charge in [-0.25, -0.2) is 0 Å². The summed E-state index contributed by atoms with van der Waals surface area (Å²) in [5.41, 5.74) is 6.42. The van der Waals surface area contributed by atoms with Crippen molar-refractivity contribution in [2.24, 2.45) is 5.92 Å². The van der Waals surface area contributed by atoms with E-state index >= 15 is 0 Å². The first-order valence-electron chi connectivity index (χ1n) is 8.34. The van der Waals surface area contributed by atoms with Crippen LogP contribution in [0, 0.1) is 19.8 Å². The summed E-state index contributed by atoms with van der Waals surface area (Å²) in [5, 5.41) is 0. The summed E-state index contributed by atoms with van der Waals surface area (Å²) in [7, 11) is 0. The number of allylic oxidation sites excluding steroid dienone is 2. The van der Waals surface area contributed by atoms with Crippen LogP contribution in [-0.4, -0.2) is 6.04 Å². The van der Waals surface area contributed by atoms with Crippen LogP contribution in [0.1, 0.15) is 25.0 Å². The van der Waals surface area contributed by atoms with E-state index in [1.54, 1.807) is 0 Å². The Morgan fingerprint density at radius 2 is 1.22 bits per heavy atom. The van der Waals surface area contributed by atoms with Gasteiger partial charge in [-0.1, -0.05) is 66.1 Å². The summed E-state index contributed by atoms with van der Waals surface area (Å²) in [5.74, 6) is 0.475. The lowest BCUT2D eigenvalue weighted by molar-refractivity contribution is 0.605. The van der Waals surface area contributed by atoms with E-state index in [9.17, 15) is 0 Å². The molecule has 23 heavy (non-hydrogen) atoms. The average Bonchev–Trinajstić information content (AvgIpc) is 2.53. The van der Waals surface area contributed by atoms with Crippen molar-refractivity contribution in [3.05, 3.63) is 83.5 Å². The second kappa shape index (κ2) is 6.45. The molecule has 0 saturated carbocycles. The van der Waals surface area contributed by atoms with Crippen LogP contribution in [0.15, 0.2) is 72.3 Å². The van der Waals surface area contributed by atoms with E-state index in [1.807, 2.05) is 0 Å². The normalized spacial score (nSPS) is 20.3. The minimum atomic E-state index is 0.337. The maximum atomic E-state index is 2.45. The molecule has 2 unspecified atom stereocenters. The van der Waals surface area contributed by atoms with E-state index < -0.39 is 0 Å². The minimum Gasteiger partial charge on any atom is -0.334 e. The summed E-state index contributed by atoms with van der Waals surface area (Å²) < 4.78 is 0. The molecule has 0 N–H and O–H groups in total. The monoisotopic (exact) mass is 303 g/mol. The third-order valence-electron chi connectivity index (χ3n) is 4.54. The summed E-state index contributed by atoms with van der Waals surface area (Å²) in [6.45, 7) is 8.74. The maximum absolute atomic E-state index is 2.45. The Morgan fingerprint density at radius 3 is 1.65 bits per heavy atom. The van der Waals surface area contributed by atoms with Crippen LogP contribution in [0.3, 0.4) is 0 Å². The Bertz CT molecular complexity index is 674. The van der Waals surface area contributed by atoms with Crippen LogP contribution in [0.4, 0.5) is 11.4 Å². The molecule has 0 aliphatic heterocycles. The second-order valence-electron chi connectivity index (χ2n) is 6.66. The fourth-order valence-corrected chi connectivity index (χ4v) is 3.22. The largest absolute Gasteiger partial charge is 0.334 e. The molecular weight excluding hydrogens is 278 g/mol. The van der Waals surface area contributed by atoms with Gasteiger partial charge in [-0.15, -0.1) is 0 Å². The van der Waals surface area contributed by atoms with E-state index in [1.165, 1.54) is 28.1 Å². The van der Waals surface area contributed by atoms with Crippen LogP contribution in [0.5, 0.6) is 0 Å². The fraction of sp³-hybridized carbons (Fsp3) is 0.273. The number of hydrogen-bond donors (Lipinski definition) is 0. The van der Waals surface area contributed by atoms with Gasteiger partial charge >= 0.3 is 0 Å². The van der Waals surface area contributed by atoms with Gasteiger partial charge in [0.25, 0.3) is 0 Å². The highest BCUT2D eigenvalue weighted by Gasteiger charge is 2.24. The van der Waals surface area contributed by atoms with Crippen LogP contribution in [0.2, 0.25) is 0 Å². The Labute approximate surface area is 140 Å². The third kappa shape index (κ3) is 3.39. The fourth-order valence-electron chi connectivity index (χ4n) is 3.22. The summed E-state index contributed by atoms with van der Waals surface area (Å²) in [6.07, 6.45) is 6.93. The predicted molar refractivity (Wildman–Crippen MR) is 100 cm³/mol. The van der Waals surface area contributed by atoms with Crippen molar-refractivity contribution in [3.63, 3.8) is 0 Å². The van der Waals surface area contributed by atoms with Crippen molar-refractivity contribution in [2.75, 3.05) is 4.90 Å². The highest BCUT2D eigenvalue weighted by atomic mass is 15.2. The van der Waals surface area contributed by atoms with Crippen LogP contribution in [0.25, 0.3) is 0 Å². The highest BCUT2D eigenvalue weighted by molar-refractivity contribution is 5.66. The number of aryl methyl sites for hydroxylation is 2. The van der Waals surface area contributed by atoms with E-state index in [-0.39, 0.29) is 0 Å². The number of benzene rings is 2. The summed E-state index contributed by atoms with van der Waals surface area (Å²) in [6, 6.07) is 18.0. The molecule has 2 atom stereocenters. The molecule has 0 amide bonds. The third-order valence-corrected chi connectivity index (χ3v) is 4.54. The molecule has 0 saturated heterocycles. The number of nitrogens with zero attached hydrogens (tertiary/aromatic N) is 1. The Morgan fingerprint density at radius 1 is 0.739 bits per heavy atom. The first-order chi connectivity index (χ1) is 11.0. The molecular formula is C22H25N. The van der Waals surface area contributed by atoms with Crippen LogP contribution in [-0.2, 0) is 0 Å². The second-order valence-corrected chi connectivity index (χ2v) is 6.66. The van der Waals surface area contributed by atoms with Gasteiger partial charge in [0.1, 0.15) is 0 Å². The Kier molecular flexibility index (Phi) is 4.38. The molecule has 0 spiro atoms. The number of rotatable bonds is 3. The van der Waals surface area contributed by atoms with Gasteiger partial charge in [0.15, 0.2) is 0 Å².